The van der Waals surface area contributed by atoms with Crippen LogP contribution in [0.3, 0.4) is 0 Å². The largest absolute Gasteiger partial charge is 0.309 e. The van der Waals surface area contributed by atoms with Crippen LogP contribution in [0.2, 0.25) is 0 Å². The Kier molecular flexibility index (Phi) is 4.63. The molecule has 0 bridgehead atoms. The Labute approximate surface area is 156 Å². The van der Waals surface area contributed by atoms with E-state index < -0.39 is 0 Å². The van der Waals surface area contributed by atoms with Gasteiger partial charge in [-0.3, -0.25) is 14.3 Å². The number of nitrogens with one attached hydrogen (secondary N) is 1. The fourth-order valence-corrected chi connectivity index (χ4v) is 4.07. The van der Waals surface area contributed by atoms with E-state index in [1.165, 1.54) is 23.1 Å². The van der Waals surface area contributed by atoms with Crippen molar-refractivity contribution in [3.63, 3.8) is 0 Å². The number of hydrogen-bond donors (Lipinski definition) is 1. The van der Waals surface area contributed by atoms with Crippen LogP contribution < -0.4 is 5.56 Å². The number of rotatable bonds is 6. The fourth-order valence-electron chi connectivity index (χ4n) is 2.53. The quantitative estimate of drug-likeness (QED) is 0.407. The zero-order valence-corrected chi connectivity index (χ0v) is 15.3. The van der Waals surface area contributed by atoms with E-state index in [-0.39, 0.29) is 5.56 Å². The monoisotopic (exact) mass is 382 g/mol. The van der Waals surface area contributed by atoms with Crippen LogP contribution in [0.25, 0.3) is 21.6 Å². The third-order valence-electron chi connectivity index (χ3n) is 3.67. The van der Waals surface area contributed by atoms with Crippen LogP contribution >= 0.6 is 23.1 Å². The van der Waals surface area contributed by atoms with Crippen molar-refractivity contribution >= 4 is 33.3 Å². The van der Waals surface area contributed by atoms with Crippen molar-refractivity contribution in [2.45, 2.75) is 17.5 Å². The van der Waals surface area contributed by atoms with Crippen LogP contribution in [-0.2, 0) is 12.3 Å². The predicted octanol–water partition coefficient (Wildman–Crippen LogP) is 3.12. The Morgan fingerprint density at radius 2 is 2.12 bits per heavy atom. The second kappa shape index (κ2) is 7.22. The Morgan fingerprint density at radius 3 is 2.92 bits per heavy atom. The fraction of sp³-hybridized carbons (Fsp3) is 0.118. The summed E-state index contributed by atoms with van der Waals surface area (Å²) < 4.78 is 2.63. The maximum absolute atomic E-state index is 12.1. The number of aromatic nitrogens is 6. The van der Waals surface area contributed by atoms with E-state index in [0.717, 1.165) is 22.1 Å². The van der Waals surface area contributed by atoms with Crippen LogP contribution in [-0.4, -0.2) is 29.7 Å². The molecule has 0 aromatic carbocycles. The van der Waals surface area contributed by atoms with E-state index in [4.69, 9.17) is 0 Å². The standard InChI is InChI=1S/C17H14N6OS2/c1-2-8-23-15(11-3-6-18-7-4-11)21-22-17(23)26-10-13-19-12-5-9-25-14(12)16(24)20-13/h2-7,9H,1,8,10H2,(H,19,20,24). The van der Waals surface area contributed by atoms with Gasteiger partial charge in [0, 0.05) is 24.5 Å². The minimum atomic E-state index is -0.106. The number of fused-ring (bicyclic) bond motifs is 1. The second-order valence-corrected chi connectivity index (χ2v) is 7.24. The molecule has 1 N–H and O–H groups in total. The first-order chi connectivity index (χ1) is 12.8. The van der Waals surface area contributed by atoms with Gasteiger partial charge < -0.3 is 4.98 Å². The molecule has 7 nitrogen and oxygen atoms in total. The van der Waals surface area contributed by atoms with Gasteiger partial charge in [-0.05, 0) is 23.6 Å². The van der Waals surface area contributed by atoms with Crippen LogP contribution in [0.15, 0.2) is 58.6 Å². The highest BCUT2D eigenvalue weighted by Crippen LogP contribution is 2.25. The molecular weight excluding hydrogens is 368 g/mol. The van der Waals surface area contributed by atoms with Gasteiger partial charge in [0.1, 0.15) is 10.5 Å². The predicted molar refractivity (Wildman–Crippen MR) is 103 cm³/mol. The van der Waals surface area contributed by atoms with Gasteiger partial charge in [-0.2, -0.15) is 0 Å². The summed E-state index contributed by atoms with van der Waals surface area (Å²) in [6.45, 7) is 4.40. The third kappa shape index (κ3) is 3.18. The van der Waals surface area contributed by atoms with Gasteiger partial charge in [-0.1, -0.05) is 17.8 Å². The molecular formula is C17H14N6OS2. The lowest BCUT2D eigenvalue weighted by atomic mass is 10.2. The highest BCUT2D eigenvalue weighted by atomic mass is 32.2. The maximum Gasteiger partial charge on any atom is 0.268 e. The Bertz CT molecular complexity index is 1120. The second-order valence-electron chi connectivity index (χ2n) is 5.38. The van der Waals surface area contributed by atoms with Crippen molar-refractivity contribution in [3.8, 4) is 11.4 Å². The van der Waals surface area contributed by atoms with E-state index in [1.807, 2.05) is 28.1 Å². The third-order valence-corrected chi connectivity index (χ3v) is 5.55. The van der Waals surface area contributed by atoms with Crippen molar-refractivity contribution in [1.82, 2.24) is 29.7 Å². The molecule has 0 aliphatic heterocycles. The average Bonchev–Trinajstić information content (AvgIpc) is 3.28. The summed E-state index contributed by atoms with van der Waals surface area (Å²) in [4.78, 5) is 23.5. The number of nitrogens with zero attached hydrogens (tertiary/aromatic N) is 5. The minimum absolute atomic E-state index is 0.106. The van der Waals surface area contributed by atoms with Gasteiger partial charge in [0.2, 0.25) is 0 Å². The lowest BCUT2D eigenvalue weighted by Crippen LogP contribution is -2.09. The number of H-pyrrole nitrogens is 1. The van der Waals surface area contributed by atoms with Gasteiger partial charge in [0.05, 0.1) is 11.3 Å². The van der Waals surface area contributed by atoms with E-state index in [9.17, 15) is 4.79 Å². The number of hydrogen-bond acceptors (Lipinski definition) is 7. The van der Waals surface area contributed by atoms with Crippen molar-refractivity contribution < 1.29 is 0 Å². The van der Waals surface area contributed by atoms with Gasteiger partial charge in [-0.15, -0.1) is 28.1 Å². The summed E-state index contributed by atoms with van der Waals surface area (Å²) in [6, 6.07) is 5.63. The van der Waals surface area contributed by atoms with E-state index in [1.54, 1.807) is 18.5 Å². The molecule has 4 aromatic heterocycles. The molecule has 26 heavy (non-hydrogen) atoms. The lowest BCUT2D eigenvalue weighted by Gasteiger charge is -2.07. The molecule has 130 valence electrons. The van der Waals surface area contributed by atoms with Gasteiger partial charge in [-0.25, -0.2) is 4.98 Å². The summed E-state index contributed by atoms with van der Waals surface area (Å²) in [5, 5.41) is 11.2. The summed E-state index contributed by atoms with van der Waals surface area (Å²) in [6.07, 6.45) is 5.25. The van der Waals surface area contributed by atoms with E-state index >= 15 is 0 Å². The van der Waals surface area contributed by atoms with Crippen LogP contribution in [0.4, 0.5) is 0 Å². The first-order valence-corrected chi connectivity index (χ1v) is 9.66. The summed E-state index contributed by atoms with van der Waals surface area (Å²) in [7, 11) is 0. The van der Waals surface area contributed by atoms with Crippen molar-refractivity contribution in [3.05, 3.63) is 64.8 Å². The highest BCUT2D eigenvalue weighted by Gasteiger charge is 2.14. The molecule has 0 spiro atoms. The molecule has 4 heterocycles. The number of thiophene rings is 1. The van der Waals surface area contributed by atoms with Gasteiger partial charge >= 0.3 is 0 Å². The first-order valence-electron chi connectivity index (χ1n) is 7.80. The smallest absolute Gasteiger partial charge is 0.268 e. The van der Waals surface area contributed by atoms with E-state index in [2.05, 4.69) is 31.7 Å². The Morgan fingerprint density at radius 1 is 1.27 bits per heavy atom. The Balaban J connectivity index is 1.62. The van der Waals surface area contributed by atoms with Gasteiger partial charge in [0.15, 0.2) is 11.0 Å². The maximum atomic E-state index is 12.1. The summed E-state index contributed by atoms with van der Waals surface area (Å²) in [5.41, 5.74) is 1.55. The topological polar surface area (TPSA) is 89.4 Å². The van der Waals surface area contributed by atoms with Crippen molar-refractivity contribution in [2.24, 2.45) is 0 Å². The van der Waals surface area contributed by atoms with E-state index in [0.29, 0.717) is 22.8 Å². The number of allylic oxidation sites excluding steroid dienone is 1. The van der Waals surface area contributed by atoms with Crippen molar-refractivity contribution in [2.75, 3.05) is 0 Å². The lowest BCUT2D eigenvalue weighted by molar-refractivity contribution is 0.730. The number of thioether (sulfide) groups is 1. The van der Waals surface area contributed by atoms with Crippen LogP contribution in [0.1, 0.15) is 5.82 Å². The summed E-state index contributed by atoms with van der Waals surface area (Å²) in [5.74, 6) is 1.86. The molecule has 0 amide bonds. The number of aromatic amines is 1. The molecule has 4 rings (SSSR count). The molecule has 0 radical (unpaired) electrons. The SMILES string of the molecule is C=CCn1c(SCc2nc3ccsc3c(=O)[nH]2)nnc1-c1ccncc1. The molecule has 4 aromatic rings. The molecule has 0 aliphatic rings. The summed E-state index contributed by atoms with van der Waals surface area (Å²) >= 11 is 2.86. The average molecular weight is 382 g/mol. The molecule has 0 unspecified atom stereocenters. The molecule has 0 aliphatic carbocycles. The molecule has 0 saturated carbocycles. The number of pyridine rings is 1. The van der Waals surface area contributed by atoms with Crippen LogP contribution in [0.5, 0.6) is 0 Å². The zero-order valence-electron chi connectivity index (χ0n) is 13.6. The Hall–Kier alpha value is -2.78. The van der Waals surface area contributed by atoms with Crippen LogP contribution in [0, 0.1) is 0 Å². The normalized spacial score (nSPS) is 11.1. The molecule has 0 saturated heterocycles. The molecule has 0 fully saturated rings. The highest BCUT2D eigenvalue weighted by molar-refractivity contribution is 7.98. The zero-order chi connectivity index (χ0) is 17.9. The molecule has 9 heteroatoms. The van der Waals surface area contributed by atoms with Crippen molar-refractivity contribution in [1.29, 1.82) is 0 Å². The van der Waals surface area contributed by atoms with Gasteiger partial charge in [0.25, 0.3) is 5.56 Å². The molecule has 0 atom stereocenters. The first kappa shape index (κ1) is 16.7. The minimum Gasteiger partial charge on any atom is -0.309 e.